The molecule has 0 spiro atoms. The summed E-state index contributed by atoms with van der Waals surface area (Å²) in [6.07, 6.45) is 56.1. The Hall–Kier alpha value is -2.63. The number of esters is 1. The van der Waals surface area contributed by atoms with Gasteiger partial charge >= 0.3 is 5.97 Å². The van der Waals surface area contributed by atoms with Crippen molar-refractivity contribution in [3.63, 3.8) is 0 Å². The van der Waals surface area contributed by atoms with E-state index in [0.29, 0.717) is 13.0 Å². The zero-order valence-corrected chi connectivity index (χ0v) is 41.2. The van der Waals surface area contributed by atoms with Gasteiger partial charge in [0.2, 0.25) is 0 Å². The molecule has 0 radical (unpaired) electrons. The van der Waals surface area contributed by atoms with E-state index in [1.54, 1.807) is 0 Å². The molecule has 0 aliphatic carbocycles. The first-order chi connectivity index (χ1) is 31.9. The number of allylic oxidation sites excluding steroid dienone is 14. The highest BCUT2D eigenvalue weighted by Gasteiger charge is 2.44. The summed E-state index contributed by atoms with van der Waals surface area (Å²) in [4.78, 5) is 12.9. The monoisotopic (exact) mass is 913 g/mol. The summed E-state index contributed by atoms with van der Waals surface area (Å²) in [5.74, 6) is -0.329. The van der Waals surface area contributed by atoms with Gasteiger partial charge < -0.3 is 39.4 Å². The number of hydrogen-bond acceptors (Lipinski definition) is 9. The summed E-state index contributed by atoms with van der Waals surface area (Å²) >= 11 is 0. The fraction of sp³-hybridized carbons (Fsp3) is 0.732. The molecule has 6 unspecified atom stereocenters. The summed E-state index contributed by atoms with van der Waals surface area (Å²) in [5, 5.41) is 40.3. The number of rotatable bonds is 44. The van der Waals surface area contributed by atoms with Gasteiger partial charge in [-0.15, -0.1) is 0 Å². The molecule has 1 aliphatic heterocycles. The van der Waals surface area contributed by atoms with Crippen molar-refractivity contribution in [1.29, 1.82) is 0 Å². The first-order valence-corrected chi connectivity index (χ1v) is 26.2. The first-order valence-electron chi connectivity index (χ1n) is 26.2. The Kier molecular flexibility index (Phi) is 43.2. The van der Waals surface area contributed by atoms with Crippen LogP contribution in [-0.2, 0) is 23.7 Å². The number of unbranched alkanes of at least 4 members (excludes halogenated alkanes) is 19. The van der Waals surface area contributed by atoms with Crippen LogP contribution in [0.15, 0.2) is 85.1 Å². The van der Waals surface area contributed by atoms with Gasteiger partial charge in [-0.2, -0.15) is 0 Å². The summed E-state index contributed by atoms with van der Waals surface area (Å²) in [5.41, 5.74) is 0. The predicted molar refractivity (Wildman–Crippen MR) is 270 cm³/mol. The third kappa shape index (κ3) is 37.1. The van der Waals surface area contributed by atoms with Gasteiger partial charge in [0.25, 0.3) is 0 Å². The van der Waals surface area contributed by atoms with Crippen LogP contribution in [-0.4, -0.2) is 89.6 Å². The van der Waals surface area contributed by atoms with Crippen LogP contribution in [0.25, 0.3) is 0 Å². The van der Waals surface area contributed by atoms with Crippen molar-refractivity contribution in [3.05, 3.63) is 85.1 Å². The molecule has 0 saturated carbocycles. The van der Waals surface area contributed by atoms with Crippen molar-refractivity contribution >= 4 is 5.97 Å². The van der Waals surface area contributed by atoms with Crippen LogP contribution in [0.3, 0.4) is 0 Å². The van der Waals surface area contributed by atoms with E-state index in [-0.39, 0.29) is 19.2 Å². The lowest BCUT2D eigenvalue weighted by Gasteiger charge is -2.39. The molecule has 1 fully saturated rings. The minimum absolute atomic E-state index is 0.125. The Balaban J connectivity index is 2.23. The lowest BCUT2D eigenvalue weighted by Crippen LogP contribution is -2.59. The van der Waals surface area contributed by atoms with Crippen molar-refractivity contribution in [1.82, 2.24) is 0 Å². The van der Waals surface area contributed by atoms with Crippen LogP contribution >= 0.6 is 0 Å². The molecule has 0 aromatic heterocycles. The van der Waals surface area contributed by atoms with E-state index in [9.17, 15) is 25.2 Å². The Morgan fingerprint density at radius 3 is 1.42 bits per heavy atom. The van der Waals surface area contributed by atoms with Gasteiger partial charge in [-0.05, 0) is 89.9 Å². The van der Waals surface area contributed by atoms with E-state index in [1.165, 1.54) is 89.9 Å². The van der Waals surface area contributed by atoms with E-state index in [1.807, 2.05) is 0 Å². The van der Waals surface area contributed by atoms with Gasteiger partial charge in [0, 0.05) is 13.0 Å². The molecular formula is C56H96O9. The fourth-order valence-electron chi connectivity index (χ4n) is 7.49. The van der Waals surface area contributed by atoms with Crippen molar-refractivity contribution in [2.24, 2.45) is 0 Å². The van der Waals surface area contributed by atoms with Crippen LogP contribution in [0, 0.1) is 0 Å². The predicted octanol–water partition coefficient (Wildman–Crippen LogP) is 13.0. The third-order valence-electron chi connectivity index (χ3n) is 11.5. The quantitative estimate of drug-likeness (QED) is 0.0268. The van der Waals surface area contributed by atoms with E-state index < -0.39 is 43.4 Å². The van der Waals surface area contributed by atoms with Gasteiger partial charge in [-0.25, -0.2) is 0 Å². The largest absolute Gasteiger partial charge is 0.457 e. The van der Waals surface area contributed by atoms with Crippen molar-refractivity contribution < 1.29 is 44.2 Å². The first kappa shape index (κ1) is 60.4. The molecule has 1 aliphatic rings. The highest BCUT2D eigenvalue weighted by Crippen LogP contribution is 2.23. The Morgan fingerprint density at radius 1 is 0.508 bits per heavy atom. The molecule has 65 heavy (non-hydrogen) atoms. The molecule has 1 saturated heterocycles. The topological polar surface area (TPSA) is 135 Å². The molecule has 6 atom stereocenters. The van der Waals surface area contributed by atoms with Gasteiger partial charge in [0.05, 0.1) is 19.8 Å². The van der Waals surface area contributed by atoms with Crippen LogP contribution in [0.4, 0.5) is 0 Å². The minimum atomic E-state index is -1.54. The Bertz CT molecular complexity index is 1270. The molecule has 0 aromatic carbocycles. The second kappa shape index (κ2) is 46.5. The SMILES string of the molecule is CC/C=C\C/C=C\C/C=C\C/C=C\C/C=C\CCCCCCCCCC(=O)OC(COCCCCCCCCCC/C=C\C/C=C\CCCCCC)COC1OC(CO)C(O)C(O)C1O. The Labute approximate surface area is 397 Å². The number of aliphatic hydroxyl groups is 4. The smallest absolute Gasteiger partial charge is 0.306 e. The van der Waals surface area contributed by atoms with Crippen molar-refractivity contribution in [2.45, 2.75) is 237 Å². The zero-order valence-electron chi connectivity index (χ0n) is 41.2. The van der Waals surface area contributed by atoms with Gasteiger partial charge in [-0.1, -0.05) is 189 Å². The standard InChI is InChI=1S/C56H96O9/c1-3-5-7-9-11-13-15-17-19-21-23-24-25-26-27-29-31-33-35-37-39-41-43-45-52(58)64-50(49-63-56-55(61)54(60)53(59)51(47-57)65-56)48-62-46-44-42-40-38-36-34-32-30-28-22-20-18-16-14-12-10-8-6-4-2/h5,7,11,13-14,16-17,19-20,22-24,26-27,50-51,53-57,59-61H,3-4,6,8-10,12,15,18,21,25,28-49H2,1-2H3/b7-5-,13-11-,16-14-,19-17-,22-20-,24-23-,27-26-. The lowest BCUT2D eigenvalue weighted by molar-refractivity contribution is -0.305. The summed E-state index contributed by atoms with van der Waals surface area (Å²) in [6.45, 7) is 4.40. The highest BCUT2D eigenvalue weighted by atomic mass is 16.7. The highest BCUT2D eigenvalue weighted by molar-refractivity contribution is 5.69. The van der Waals surface area contributed by atoms with E-state index in [0.717, 1.165) is 89.9 Å². The number of ether oxygens (including phenoxy) is 4. The molecule has 0 aromatic rings. The van der Waals surface area contributed by atoms with Crippen LogP contribution < -0.4 is 0 Å². The van der Waals surface area contributed by atoms with E-state index in [4.69, 9.17) is 18.9 Å². The van der Waals surface area contributed by atoms with E-state index in [2.05, 4.69) is 98.9 Å². The summed E-state index contributed by atoms with van der Waals surface area (Å²) in [6, 6.07) is 0. The lowest BCUT2D eigenvalue weighted by atomic mass is 9.99. The molecule has 0 bridgehead atoms. The van der Waals surface area contributed by atoms with Gasteiger partial charge in [0.15, 0.2) is 6.29 Å². The number of carbonyl (C=O) groups excluding carboxylic acids is 1. The Morgan fingerprint density at radius 2 is 0.938 bits per heavy atom. The number of aliphatic hydroxyl groups excluding tert-OH is 4. The van der Waals surface area contributed by atoms with E-state index >= 15 is 0 Å². The maximum Gasteiger partial charge on any atom is 0.306 e. The third-order valence-corrected chi connectivity index (χ3v) is 11.5. The van der Waals surface area contributed by atoms with Crippen LogP contribution in [0.1, 0.15) is 200 Å². The van der Waals surface area contributed by atoms with Crippen molar-refractivity contribution in [2.75, 3.05) is 26.4 Å². The molecule has 4 N–H and O–H groups in total. The average molecular weight is 913 g/mol. The van der Waals surface area contributed by atoms with Crippen LogP contribution in [0.5, 0.6) is 0 Å². The van der Waals surface area contributed by atoms with Crippen molar-refractivity contribution in [3.8, 4) is 0 Å². The second-order valence-electron chi connectivity index (χ2n) is 17.6. The normalized spacial score (nSPS) is 20.1. The molecule has 1 rings (SSSR count). The molecule has 1 heterocycles. The van der Waals surface area contributed by atoms with Gasteiger partial charge in [0.1, 0.15) is 30.5 Å². The molecule has 374 valence electrons. The summed E-state index contributed by atoms with van der Waals surface area (Å²) < 4.78 is 22.9. The summed E-state index contributed by atoms with van der Waals surface area (Å²) in [7, 11) is 0. The maximum atomic E-state index is 12.9. The average Bonchev–Trinajstić information content (AvgIpc) is 3.31. The van der Waals surface area contributed by atoms with Gasteiger partial charge in [-0.3, -0.25) is 4.79 Å². The number of hydrogen-bond donors (Lipinski definition) is 4. The molecule has 9 heteroatoms. The minimum Gasteiger partial charge on any atom is -0.457 e. The molecular weight excluding hydrogens is 817 g/mol. The van der Waals surface area contributed by atoms with Crippen LogP contribution in [0.2, 0.25) is 0 Å². The second-order valence-corrected chi connectivity index (χ2v) is 17.6. The molecule has 9 nitrogen and oxygen atoms in total. The fourth-order valence-corrected chi connectivity index (χ4v) is 7.49. The molecule has 0 amide bonds. The number of carbonyl (C=O) groups is 1. The zero-order chi connectivity index (χ0) is 47.1. The maximum absolute atomic E-state index is 12.9.